The zero-order chi connectivity index (χ0) is 8.39. The summed E-state index contributed by atoms with van der Waals surface area (Å²) in [7, 11) is 0. The van der Waals surface area contributed by atoms with Crippen LogP contribution in [0.2, 0.25) is 0 Å². The third-order valence-electron chi connectivity index (χ3n) is 2.00. The summed E-state index contributed by atoms with van der Waals surface area (Å²) in [5, 5.41) is 0. The Kier molecular flexibility index (Phi) is 2.06. The lowest BCUT2D eigenvalue weighted by Crippen LogP contribution is -2.37. The van der Waals surface area contributed by atoms with Gasteiger partial charge < -0.3 is 9.47 Å². The van der Waals surface area contributed by atoms with Crippen molar-refractivity contribution in [1.82, 2.24) is 0 Å². The van der Waals surface area contributed by atoms with E-state index in [-0.39, 0.29) is 12.2 Å². The van der Waals surface area contributed by atoms with Crippen LogP contribution in [0.1, 0.15) is 0 Å². The lowest BCUT2D eigenvalue weighted by atomic mass is 10.0. The Morgan fingerprint density at radius 2 is 2.08 bits per heavy atom. The molecule has 64 valence electrons. The molecule has 1 saturated heterocycles. The zero-order valence-electron chi connectivity index (χ0n) is 6.60. The first-order valence-electron chi connectivity index (χ1n) is 3.98. The predicted molar refractivity (Wildman–Crippen MR) is 42.8 cm³/mol. The summed E-state index contributed by atoms with van der Waals surface area (Å²) in [4.78, 5) is 10.4. The van der Waals surface area contributed by atoms with Crippen molar-refractivity contribution in [2.45, 2.75) is 12.2 Å². The number of rotatable bonds is 1. The number of aldehydes is 1. The third kappa shape index (κ3) is 1.33. The molecule has 0 spiro atoms. The summed E-state index contributed by atoms with van der Waals surface area (Å²) in [6.45, 7) is 1.24. The SMILES string of the molecule is O=CC1=CC2OCCOC2C=C1. The fraction of sp³-hybridized carbons (Fsp3) is 0.444. The van der Waals surface area contributed by atoms with Gasteiger partial charge >= 0.3 is 0 Å². The standard InChI is InChI=1S/C9H10O3/c10-6-7-1-2-8-9(5-7)12-4-3-11-8/h1-2,5-6,8-9H,3-4H2. The second-order valence-electron chi connectivity index (χ2n) is 2.81. The summed E-state index contributed by atoms with van der Waals surface area (Å²) in [6, 6.07) is 0. The van der Waals surface area contributed by atoms with E-state index < -0.39 is 0 Å². The molecule has 2 atom stereocenters. The van der Waals surface area contributed by atoms with E-state index in [9.17, 15) is 4.79 Å². The minimum absolute atomic E-state index is 0.00227. The maximum absolute atomic E-state index is 10.4. The van der Waals surface area contributed by atoms with Crippen LogP contribution in [-0.2, 0) is 14.3 Å². The Balaban J connectivity index is 2.14. The number of carbonyl (C=O) groups is 1. The summed E-state index contributed by atoms with van der Waals surface area (Å²) in [6.07, 6.45) is 6.20. The number of fused-ring (bicyclic) bond motifs is 1. The monoisotopic (exact) mass is 166 g/mol. The van der Waals surface area contributed by atoms with Crippen LogP contribution < -0.4 is 0 Å². The Bertz CT molecular complexity index is 242. The van der Waals surface area contributed by atoms with Crippen molar-refractivity contribution in [3.8, 4) is 0 Å². The summed E-state index contributed by atoms with van der Waals surface area (Å²) >= 11 is 0. The van der Waals surface area contributed by atoms with Crippen LogP contribution in [0.15, 0.2) is 23.8 Å². The molecule has 0 aromatic heterocycles. The van der Waals surface area contributed by atoms with Gasteiger partial charge in [0.1, 0.15) is 18.5 Å². The van der Waals surface area contributed by atoms with Gasteiger partial charge in [-0.15, -0.1) is 0 Å². The smallest absolute Gasteiger partial charge is 0.149 e. The van der Waals surface area contributed by atoms with Gasteiger partial charge in [0.05, 0.1) is 13.2 Å². The number of hydrogen-bond acceptors (Lipinski definition) is 3. The molecular weight excluding hydrogens is 156 g/mol. The molecule has 2 rings (SSSR count). The van der Waals surface area contributed by atoms with E-state index in [2.05, 4.69) is 0 Å². The van der Waals surface area contributed by atoms with Crippen molar-refractivity contribution < 1.29 is 14.3 Å². The molecule has 2 unspecified atom stereocenters. The normalized spacial score (nSPS) is 33.8. The first-order chi connectivity index (χ1) is 5.90. The van der Waals surface area contributed by atoms with E-state index in [1.807, 2.05) is 6.08 Å². The van der Waals surface area contributed by atoms with Gasteiger partial charge in [-0.1, -0.05) is 12.2 Å². The van der Waals surface area contributed by atoms with Gasteiger partial charge in [0, 0.05) is 5.57 Å². The van der Waals surface area contributed by atoms with Crippen LogP contribution in [0.3, 0.4) is 0 Å². The molecule has 2 aliphatic rings. The quantitative estimate of drug-likeness (QED) is 0.531. The van der Waals surface area contributed by atoms with Crippen LogP contribution in [-0.4, -0.2) is 31.7 Å². The van der Waals surface area contributed by atoms with E-state index in [0.29, 0.717) is 18.8 Å². The van der Waals surface area contributed by atoms with E-state index in [1.54, 1.807) is 12.2 Å². The fourth-order valence-corrected chi connectivity index (χ4v) is 1.40. The number of carbonyl (C=O) groups excluding carboxylic acids is 1. The molecule has 0 radical (unpaired) electrons. The molecule has 1 heterocycles. The van der Waals surface area contributed by atoms with Crippen LogP contribution >= 0.6 is 0 Å². The third-order valence-corrected chi connectivity index (χ3v) is 2.00. The first-order valence-corrected chi connectivity index (χ1v) is 3.98. The minimum atomic E-state index is -0.0658. The fourth-order valence-electron chi connectivity index (χ4n) is 1.40. The van der Waals surface area contributed by atoms with Crippen molar-refractivity contribution in [2.24, 2.45) is 0 Å². The lowest BCUT2D eigenvalue weighted by molar-refractivity contribution is -0.107. The lowest BCUT2D eigenvalue weighted by Gasteiger charge is -2.29. The highest BCUT2D eigenvalue weighted by Crippen LogP contribution is 2.18. The van der Waals surface area contributed by atoms with Gasteiger partial charge in [-0.25, -0.2) is 0 Å². The van der Waals surface area contributed by atoms with Crippen molar-refractivity contribution in [1.29, 1.82) is 0 Å². The molecule has 0 bridgehead atoms. The molecule has 0 saturated carbocycles. The van der Waals surface area contributed by atoms with Crippen molar-refractivity contribution in [3.63, 3.8) is 0 Å². The summed E-state index contributed by atoms with van der Waals surface area (Å²) in [5.41, 5.74) is 0.668. The van der Waals surface area contributed by atoms with Crippen molar-refractivity contribution >= 4 is 6.29 Å². The highest BCUT2D eigenvalue weighted by atomic mass is 16.6. The highest BCUT2D eigenvalue weighted by Gasteiger charge is 2.25. The van der Waals surface area contributed by atoms with Gasteiger partial charge in [-0.05, 0) is 6.08 Å². The Hall–Kier alpha value is -0.930. The molecule has 12 heavy (non-hydrogen) atoms. The Morgan fingerprint density at radius 3 is 2.83 bits per heavy atom. The second-order valence-corrected chi connectivity index (χ2v) is 2.81. The molecule has 1 aliphatic carbocycles. The highest BCUT2D eigenvalue weighted by molar-refractivity contribution is 5.78. The van der Waals surface area contributed by atoms with Crippen LogP contribution in [0.5, 0.6) is 0 Å². The van der Waals surface area contributed by atoms with E-state index in [1.165, 1.54) is 0 Å². The van der Waals surface area contributed by atoms with Crippen LogP contribution in [0.4, 0.5) is 0 Å². The molecule has 3 heteroatoms. The number of hydrogen-bond donors (Lipinski definition) is 0. The average Bonchev–Trinajstić information content (AvgIpc) is 2.17. The van der Waals surface area contributed by atoms with Crippen LogP contribution in [0, 0.1) is 0 Å². The van der Waals surface area contributed by atoms with Crippen molar-refractivity contribution in [2.75, 3.05) is 13.2 Å². The molecule has 1 aliphatic heterocycles. The molecular formula is C9H10O3. The maximum Gasteiger partial charge on any atom is 0.149 e. The maximum atomic E-state index is 10.4. The first kappa shape index (κ1) is 7.71. The van der Waals surface area contributed by atoms with Crippen molar-refractivity contribution in [3.05, 3.63) is 23.8 Å². The summed E-state index contributed by atoms with van der Waals surface area (Å²) < 4.78 is 10.8. The zero-order valence-corrected chi connectivity index (χ0v) is 6.60. The average molecular weight is 166 g/mol. The molecule has 0 aromatic carbocycles. The van der Waals surface area contributed by atoms with Gasteiger partial charge in [0.2, 0.25) is 0 Å². The predicted octanol–water partition coefficient (Wildman–Crippen LogP) is 0.465. The van der Waals surface area contributed by atoms with E-state index in [0.717, 1.165) is 6.29 Å². The molecule has 3 nitrogen and oxygen atoms in total. The largest absolute Gasteiger partial charge is 0.369 e. The van der Waals surface area contributed by atoms with Gasteiger partial charge in [0.25, 0.3) is 0 Å². The van der Waals surface area contributed by atoms with Gasteiger partial charge in [-0.3, -0.25) is 4.79 Å². The van der Waals surface area contributed by atoms with Gasteiger partial charge in [-0.2, -0.15) is 0 Å². The number of ether oxygens (including phenoxy) is 2. The topological polar surface area (TPSA) is 35.5 Å². The van der Waals surface area contributed by atoms with Crippen LogP contribution in [0.25, 0.3) is 0 Å². The van der Waals surface area contributed by atoms with E-state index in [4.69, 9.17) is 9.47 Å². The Labute approximate surface area is 70.7 Å². The molecule has 0 amide bonds. The molecule has 0 N–H and O–H groups in total. The number of allylic oxidation sites excluding steroid dienone is 2. The van der Waals surface area contributed by atoms with E-state index >= 15 is 0 Å². The Morgan fingerprint density at radius 1 is 1.33 bits per heavy atom. The van der Waals surface area contributed by atoms with Gasteiger partial charge in [0.15, 0.2) is 0 Å². The minimum Gasteiger partial charge on any atom is -0.369 e. The second kappa shape index (κ2) is 3.21. The molecule has 0 aromatic rings. The molecule has 1 fully saturated rings. The summed E-state index contributed by atoms with van der Waals surface area (Å²) in [5.74, 6) is 0.